The van der Waals surface area contributed by atoms with Crippen LogP contribution in [-0.2, 0) is 33.8 Å². The quantitative estimate of drug-likeness (QED) is 0.201. The average Bonchev–Trinajstić information content (AvgIpc) is 3.08. The van der Waals surface area contributed by atoms with Gasteiger partial charge in [0.1, 0.15) is 11.4 Å². The standard InChI is InChI=1S/C39H47F3N6O4S/c1-24(2)17-27-11-7-9-25(3)33(27)35-34(39(40,41)42)36-46-37(45-35)47-53(49,50)30-12-8-10-26(18-30)31(28(23-52-36)20-38(4,5)6)19-32-43-21-29(22-44-32)48-13-15-51-16-14-48/h7-12,18,21-22,24,28,31H,13-17,19-20,23H2,1-6H3,(H,45,46,47)/t28-,31?/m1/s1. The molecule has 2 atom stereocenters. The zero-order valence-electron chi connectivity index (χ0n) is 31.0. The Morgan fingerprint density at radius 2 is 1.70 bits per heavy atom. The van der Waals surface area contributed by atoms with Crippen molar-refractivity contribution in [2.24, 2.45) is 17.3 Å². The number of halogens is 3. The van der Waals surface area contributed by atoms with E-state index < -0.39 is 51.1 Å². The first kappa shape index (κ1) is 38.4. The van der Waals surface area contributed by atoms with Crippen molar-refractivity contribution in [1.82, 2.24) is 19.9 Å². The summed E-state index contributed by atoms with van der Waals surface area (Å²) in [5, 5.41) is 0. The van der Waals surface area contributed by atoms with E-state index in [0.29, 0.717) is 55.0 Å². The van der Waals surface area contributed by atoms with Gasteiger partial charge >= 0.3 is 6.18 Å². The van der Waals surface area contributed by atoms with E-state index in [2.05, 4.69) is 40.4 Å². The molecule has 2 aromatic heterocycles. The van der Waals surface area contributed by atoms with E-state index in [1.807, 2.05) is 19.9 Å². The molecule has 1 fully saturated rings. The smallest absolute Gasteiger partial charge is 0.423 e. The molecule has 14 heteroatoms. The molecule has 0 aliphatic carbocycles. The molecule has 2 aromatic carbocycles. The van der Waals surface area contributed by atoms with Crippen LogP contribution in [0.4, 0.5) is 24.8 Å². The molecular weight excluding hydrogens is 706 g/mol. The Labute approximate surface area is 309 Å². The molecule has 0 radical (unpaired) electrons. The second-order valence-corrected chi connectivity index (χ2v) is 17.2. The van der Waals surface area contributed by atoms with Crippen LogP contribution in [0.2, 0.25) is 0 Å². The van der Waals surface area contributed by atoms with Crippen molar-refractivity contribution in [3.8, 4) is 17.1 Å². The minimum absolute atomic E-state index is 0.0671. The van der Waals surface area contributed by atoms with Gasteiger partial charge < -0.3 is 14.4 Å². The fraction of sp³-hybridized carbons (Fsp3) is 0.487. The highest BCUT2D eigenvalue weighted by molar-refractivity contribution is 7.92. The van der Waals surface area contributed by atoms with Gasteiger partial charge in [-0.15, -0.1) is 0 Å². The van der Waals surface area contributed by atoms with Crippen LogP contribution in [0.5, 0.6) is 5.88 Å². The summed E-state index contributed by atoms with van der Waals surface area (Å²) in [6.45, 7) is 14.4. The first-order chi connectivity index (χ1) is 25.0. The van der Waals surface area contributed by atoms with Crippen LogP contribution in [-0.4, -0.2) is 61.3 Å². The molecule has 4 heterocycles. The van der Waals surface area contributed by atoms with Crippen molar-refractivity contribution in [2.75, 3.05) is 42.5 Å². The van der Waals surface area contributed by atoms with Crippen LogP contribution in [0.15, 0.2) is 59.8 Å². The van der Waals surface area contributed by atoms with Gasteiger partial charge in [0.2, 0.25) is 11.8 Å². The third-order valence-electron chi connectivity index (χ3n) is 9.55. The van der Waals surface area contributed by atoms with Crippen LogP contribution in [0, 0.1) is 24.2 Å². The highest BCUT2D eigenvalue weighted by atomic mass is 32.2. The van der Waals surface area contributed by atoms with E-state index in [0.717, 1.165) is 18.8 Å². The normalized spacial score (nSPS) is 19.2. The third kappa shape index (κ3) is 9.09. The topological polar surface area (TPSA) is 119 Å². The van der Waals surface area contributed by atoms with E-state index in [9.17, 15) is 8.42 Å². The molecular formula is C39H47F3N6O4S. The number of hydrogen-bond acceptors (Lipinski definition) is 9. The van der Waals surface area contributed by atoms with Crippen molar-refractivity contribution < 1.29 is 31.1 Å². The molecule has 0 spiro atoms. The van der Waals surface area contributed by atoms with Gasteiger partial charge in [-0.3, -0.25) is 0 Å². The highest BCUT2D eigenvalue weighted by Crippen LogP contribution is 2.45. The molecule has 53 heavy (non-hydrogen) atoms. The minimum Gasteiger partial charge on any atom is -0.477 e. The maximum Gasteiger partial charge on any atom is 0.423 e. The molecule has 0 amide bonds. The monoisotopic (exact) mass is 752 g/mol. The fourth-order valence-corrected chi connectivity index (χ4v) is 8.28. The largest absolute Gasteiger partial charge is 0.477 e. The van der Waals surface area contributed by atoms with Crippen LogP contribution in [0.3, 0.4) is 0 Å². The number of sulfonamides is 1. The number of rotatable bonds is 7. The minimum atomic E-state index is -4.93. The SMILES string of the molecule is Cc1cccc(CC(C)C)c1-c1nc2nc(c1C(F)(F)F)OC[C@@H](CC(C)(C)C)C(Cc1ncc(N3CCOCC3)cn1)c1cccc(c1)S(=O)(=O)N2. The maximum atomic E-state index is 15.3. The molecule has 284 valence electrons. The van der Waals surface area contributed by atoms with Crippen LogP contribution >= 0.6 is 0 Å². The third-order valence-corrected chi connectivity index (χ3v) is 10.9. The molecule has 2 aliphatic rings. The maximum absolute atomic E-state index is 15.3. The van der Waals surface area contributed by atoms with Crippen molar-refractivity contribution in [1.29, 1.82) is 0 Å². The fourth-order valence-electron chi connectivity index (χ4n) is 7.28. The lowest BCUT2D eigenvalue weighted by molar-refractivity contribution is -0.139. The molecule has 6 rings (SSSR count). The second-order valence-electron chi connectivity index (χ2n) is 15.6. The number of ether oxygens (including phenoxy) is 2. The van der Waals surface area contributed by atoms with Crippen LogP contribution < -0.4 is 14.4 Å². The van der Waals surface area contributed by atoms with E-state index >= 15 is 13.2 Å². The Kier molecular flexibility index (Phi) is 11.0. The number of morpholine rings is 1. The Hall–Kier alpha value is -4.30. The van der Waals surface area contributed by atoms with E-state index in [1.165, 1.54) is 6.07 Å². The number of alkyl halides is 3. The van der Waals surface area contributed by atoms with Crippen LogP contribution in [0.25, 0.3) is 11.3 Å². The Morgan fingerprint density at radius 1 is 1.00 bits per heavy atom. The summed E-state index contributed by atoms with van der Waals surface area (Å²) >= 11 is 0. The molecule has 4 bridgehead atoms. The molecule has 4 aromatic rings. The van der Waals surface area contributed by atoms with Gasteiger partial charge in [-0.2, -0.15) is 18.2 Å². The first-order valence-electron chi connectivity index (χ1n) is 18.0. The summed E-state index contributed by atoms with van der Waals surface area (Å²) in [6, 6.07) is 11.8. The van der Waals surface area contributed by atoms with Gasteiger partial charge in [-0.05, 0) is 65.8 Å². The molecule has 0 saturated carbocycles. The number of anilines is 2. The molecule has 10 nitrogen and oxygen atoms in total. The number of aromatic nitrogens is 4. The van der Waals surface area contributed by atoms with Gasteiger partial charge in [0, 0.05) is 31.0 Å². The lowest BCUT2D eigenvalue weighted by Gasteiger charge is -2.33. The number of nitrogens with zero attached hydrogens (tertiary/aromatic N) is 5. The van der Waals surface area contributed by atoms with E-state index in [1.54, 1.807) is 49.6 Å². The van der Waals surface area contributed by atoms with Gasteiger partial charge in [0.25, 0.3) is 10.0 Å². The van der Waals surface area contributed by atoms with Gasteiger partial charge in [-0.25, -0.2) is 28.1 Å². The summed E-state index contributed by atoms with van der Waals surface area (Å²) in [6.07, 6.45) is -0.105. The molecule has 1 unspecified atom stereocenters. The summed E-state index contributed by atoms with van der Waals surface area (Å²) in [5.41, 5.74) is 1.17. The van der Waals surface area contributed by atoms with Crippen molar-refractivity contribution in [3.63, 3.8) is 0 Å². The zero-order chi connectivity index (χ0) is 38.1. The van der Waals surface area contributed by atoms with Crippen LogP contribution in [0.1, 0.15) is 75.0 Å². The van der Waals surface area contributed by atoms with Crippen molar-refractivity contribution in [3.05, 3.63) is 82.9 Å². The number of nitrogens with one attached hydrogen (secondary N) is 1. The highest BCUT2D eigenvalue weighted by Gasteiger charge is 2.42. The summed E-state index contributed by atoms with van der Waals surface area (Å²) in [4.78, 5) is 19.9. The summed E-state index contributed by atoms with van der Waals surface area (Å²) in [5.74, 6) is -1.43. The first-order valence-corrected chi connectivity index (χ1v) is 19.4. The number of fused-ring (bicyclic) bond motifs is 4. The number of aryl methyl sites for hydroxylation is 1. The van der Waals surface area contributed by atoms with Crippen molar-refractivity contribution >= 4 is 21.7 Å². The Morgan fingerprint density at radius 3 is 2.36 bits per heavy atom. The van der Waals surface area contributed by atoms with Gasteiger partial charge in [0.05, 0.1) is 48.5 Å². The summed E-state index contributed by atoms with van der Waals surface area (Å²) < 4.78 is 87.9. The average molecular weight is 753 g/mol. The lowest BCUT2D eigenvalue weighted by Crippen LogP contribution is -2.36. The predicted molar refractivity (Wildman–Crippen MR) is 198 cm³/mol. The van der Waals surface area contributed by atoms with E-state index in [-0.39, 0.29) is 28.4 Å². The number of hydrogen-bond donors (Lipinski definition) is 1. The molecule has 2 aliphatic heterocycles. The van der Waals surface area contributed by atoms with Gasteiger partial charge in [-0.1, -0.05) is 65.0 Å². The summed E-state index contributed by atoms with van der Waals surface area (Å²) in [7, 11) is -4.36. The second kappa shape index (κ2) is 15.2. The number of benzene rings is 2. The zero-order valence-corrected chi connectivity index (χ0v) is 31.8. The van der Waals surface area contributed by atoms with Gasteiger partial charge in [0.15, 0.2) is 0 Å². The predicted octanol–water partition coefficient (Wildman–Crippen LogP) is 7.87. The Bertz CT molecular complexity index is 2030. The van der Waals surface area contributed by atoms with E-state index in [4.69, 9.17) is 19.4 Å². The molecule has 1 N–H and O–H groups in total. The lowest BCUT2D eigenvalue weighted by atomic mass is 9.75. The molecule has 1 saturated heterocycles. The Balaban J connectivity index is 1.51. The van der Waals surface area contributed by atoms with Crippen molar-refractivity contribution in [2.45, 2.75) is 77.8 Å².